The molecule has 0 amide bonds. The van der Waals surface area contributed by atoms with E-state index in [-0.39, 0.29) is 0 Å². The molecule has 0 bridgehead atoms. The molecule has 0 atom stereocenters. The second-order valence-corrected chi connectivity index (χ2v) is 4.93. The monoisotopic (exact) mass is 253 g/mol. The van der Waals surface area contributed by atoms with Gasteiger partial charge in [-0.1, -0.05) is 38.1 Å². The van der Waals surface area contributed by atoms with Crippen molar-refractivity contribution in [1.29, 1.82) is 0 Å². The second-order valence-electron chi connectivity index (χ2n) is 4.56. The Morgan fingerprint density at radius 2 is 1.82 bits per heavy atom. The van der Waals surface area contributed by atoms with Crippen molar-refractivity contribution < 1.29 is 0 Å². The van der Waals surface area contributed by atoms with Crippen molar-refractivity contribution in [2.24, 2.45) is 0 Å². The van der Waals surface area contributed by atoms with E-state index in [1.54, 1.807) is 0 Å². The molecule has 0 aromatic heterocycles. The van der Waals surface area contributed by atoms with Gasteiger partial charge in [0, 0.05) is 25.0 Å². The van der Waals surface area contributed by atoms with Gasteiger partial charge < -0.3 is 0 Å². The molecule has 96 valence electrons. The van der Waals surface area contributed by atoms with Crippen molar-refractivity contribution in [3.05, 3.63) is 35.4 Å². The first-order valence-corrected chi connectivity index (χ1v) is 7.10. The standard InChI is InChI=1S/C15H24ClN/c1-4-15(5-2)17(11-10-16)12-14-9-7-6-8-13(14)3/h6-9,15H,4-5,10-12H2,1-3H3. The molecule has 0 spiro atoms. The van der Waals surface area contributed by atoms with Crippen molar-refractivity contribution in [2.45, 2.75) is 46.2 Å². The zero-order valence-electron chi connectivity index (χ0n) is 11.2. The highest BCUT2D eigenvalue weighted by atomic mass is 35.5. The summed E-state index contributed by atoms with van der Waals surface area (Å²) in [7, 11) is 0. The molecule has 0 radical (unpaired) electrons. The molecule has 0 heterocycles. The fourth-order valence-corrected chi connectivity index (χ4v) is 2.53. The SMILES string of the molecule is CCC(CC)N(CCCl)Cc1ccccc1C. The molecule has 0 aliphatic carbocycles. The number of alkyl halides is 1. The van der Waals surface area contributed by atoms with Crippen LogP contribution < -0.4 is 0 Å². The summed E-state index contributed by atoms with van der Waals surface area (Å²) in [4.78, 5) is 2.51. The molecule has 1 aromatic carbocycles. The lowest BCUT2D eigenvalue weighted by molar-refractivity contribution is 0.188. The Morgan fingerprint density at radius 1 is 1.18 bits per heavy atom. The molecule has 0 saturated carbocycles. The largest absolute Gasteiger partial charge is 0.295 e. The molecule has 0 aliphatic rings. The first kappa shape index (κ1) is 14.5. The number of hydrogen-bond donors (Lipinski definition) is 0. The highest BCUT2D eigenvalue weighted by Crippen LogP contribution is 2.16. The van der Waals surface area contributed by atoms with Crippen LogP contribution in [0.1, 0.15) is 37.8 Å². The van der Waals surface area contributed by atoms with Crippen molar-refractivity contribution >= 4 is 11.6 Å². The van der Waals surface area contributed by atoms with Crippen LogP contribution in [0.15, 0.2) is 24.3 Å². The average molecular weight is 254 g/mol. The van der Waals surface area contributed by atoms with Gasteiger partial charge in [0.2, 0.25) is 0 Å². The van der Waals surface area contributed by atoms with Crippen LogP contribution in [0.5, 0.6) is 0 Å². The topological polar surface area (TPSA) is 3.24 Å². The molecule has 0 saturated heterocycles. The Kier molecular flexibility index (Phi) is 6.61. The maximum absolute atomic E-state index is 5.92. The van der Waals surface area contributed by atoms with Gasteiger partial charge in [-0.3, -0.25) is 4.90 Å². The molecule has 1 nitrogen and oxygen atoms in total. The Bertz CT molecular complexity index is 320. The van der Waals surface area contributed by atoms with E-state index in [9.17, 15) is 0 Å². The van der Waals surface area contributed by atoms with E-state index < -0.39 is 0 Å². The van der Waals surface area contributed by atoms with E-state index in [4.69, 9.17) is 11.6 Å². The lowest BCUT2D eigenvalue weighted by Crippen LogP contribution is -2.35. The van der Waals surface area contributed by atoms with Crippen LogP contribution in [-0.4, -0.2) is 23.4 Å². The quantitative estimate of drug-likeness (QED) is 0.658. The first-order valence-electron chi connectivity index (χ1n) is 6.57. The minimum absolute atomic E-state index is 0.647. The molecule has 2 heteroatoms. The third-order valence-corrected chi connectivity index (χ3v) is 3.63. The summed E-state index contributed by atoms with van der Waals surface area (Å²) in [6.07, 6.45) is 2.39. The summed E-state index contributed by atoms with van der Waals surface area (Å²) in [5.41, 5.74) is 2.79. The van der Waals surface area contributed by atoms with E-state index in [2.05, 4.69) is 49.9 Å². The highest BCUT2D eigenvalue weighted by Gasteiger charge is 2.15. The lowest BCUT2D eigenvalue weighted by atomic mass is 10.1. The number of hydrogen-bond acceptors (Lipinski definition) is 1. The first-order chi connectivity index (χ1) is 8.22. The zero-order valence-corrected chi connectivity index (χ0v) is 12.0. The summed E-state index contributed by atoms with van der Waals surface area (Å²) in [5, 5.41) is 0. The Morgan fingerprint density at radius 3 is 2.35 bits per heavy atom. The summed E-state index contributed by atoms with van der Waals surface area (Å²) in [6, 6.07) is 9.27. The van der Waals surface area contributed by atoms with Crippen LogP contribution in [0.25, 0.3) is 0 Å². The van der Waals surface area contributed by atoms with Crippen LogP contribution in [0, 0.1) is 6.92 Å². The molecule has 0 unspecified atom stereocenters. The summed E-state index contributed by atoms with van der Waals surface area (Å²) < 4.78 is 0. The summed E-state index contributed by atoms with van der Waals surface area (Å²) >= 11 is 5.92. The van der Waals surface area contributed by atoms with Crippen molar-refractivity contribution in [3.63, 3.8) is 0 Å². The zero-order chi connectivity index (χ0) is 12.7. The summed E-state index contributed by atoms with van der Waals surface area (Å²) in [5.74, 6) is 0.711. The molecule has 1 aromatic rings. The van der Waals surface area contributed by atoms with Gasteiger partial charge >= 0.3 is 0 Å². The second kappa shape index (κ2) is 7.73. The number of nitrogens with zero attached hydrogens (tertiary/aromatic N) is 1. The van der Waals surface area contributed by atoms with Gasteiger partial charge in [0.25, 0.3) is 0 Å². The van der Waals surface area contributed by atoms with Crippen molar-refractivity contribution in [2.75, 3.05) is 12.4 Å². The number of halogens is 1. The van der Waals surface area contributed by atoms with Gasteiger partial charge in [-0.25, -0.2) is 0 Å². The molecular formula is C15H24ClN. The van der Waals surface area contributed by atoms with Gasteiger partial charge in [0.1, 0.15) is 0 Å². The van der Waals surface area contributed by atoms with E-state index in [0.29, 0.717) is 11.9 Å². The third kappa shape index (κ3) is 4.33. The minimum atomic E-state index is 0.647. The van der Waals surface area contributed by atoms with Gasteiger partial charge in [0.15, 0.2) is 0 Å². The fraction of sp³-hybridized carbons (Fsp3) is 0.600. The van der Waals surface area contributed by atoms with Gasteiger partial charge in [-0.05, 0) is 30.9 Å². The van der Waals surface area contributed by atoms with Crippen molar-refractivity contribution in [3.8, 4) is 0 Å². The average Bonchev–Trinajstić information content (AvgIpc) is 2.34. The number of benzene rings is 1. The van der Waals surface area contributed by atoms with Crippen LogP contribution >= 0.6 is 11.6 Å². The molecule has 17 heavy (non-hydrogen) atoms. The van der Waals surface area contributed by atoms with Gasteiger partial charge in [0.05, 0.1) is 0 Å². The predicted molar refractivity (Wildman–Crippen MR) is 76.7 cm³/mol. The normalized spacial score (nSPS) is 11.4. The predicted octanol–water partition coefficient (Wildman–Crippen LogP) is 4.22. The lowest BCUT2D eigenvalue weighted by Gasteiger charge is -2.30. The van der Waals surface area contributed by atoms with E-state index >= 15 is 0 Å². The van der Waals surface area contributed by atoms with E-state index in [0.717, 1.165) is 13.1 Å². The van der Waals surface area contributed by atoms with Crippen LogP contribution in [0.2, 0.25) is 0 Å². The van der Waals surface area contributed by atoms with Gasteiger partial charge in [-0.2, -0.15) is 0 Å². The van der Waals surface area contributed by atoms with Crippen LogP contribution in [0.3, 0.4) is 0 Å². The summed E-state index contributed by atoms with van der Waals surface area (Å²) in [6.45, 7) is 8.69. The Labute approximate surface area is 111 Å². The minimum Gasteiger partial charge on any atom is -0.295 e. The molecule has 0 N–H and O–H groups in total. The molecular weight excluding hydrogens is 230 g/mol. The maximum atomic E-state index is 5.92. The smallest absolute Gasteiger partial charge is 0.0351 e. The highest BCUT2D eigenvalue weighted by molar-refractivity contribution is 6.18. The molecule has 0 fully saturated rings. The van der Waals surface area contributed by atoms with E-state index in [1.807, 2.05) is 0 Å². The Hall–Kier alpha value is -0.530. The molecule has 0 aliphatic heterocycles. The number of aryl methyl sites for hydroxylation is 1. The maximum Gasteiger partial charge on any atom is 0.0351 e. The van der Waals surface area contributed by atoms with E-state index in [1.165, 1.54) is 24.0 Å². The Balaban J connectivity index is 2.75. The number of rotatable bonds is 7. The van der Waals surface area contributed by atoms with Crippen LogP contribution in [0.4, 0.5) is 0 Å². The van der Waals surface area contributed by atoms with Crippen molar-refractivity contribution in [1.82, 2.24) is 4.90 Å². The van der Waals surface area contributed by atoms with Gasteiger partial charge in [-0.15, -0.1) is 11.6 Å². The third-order valence-electron chi connectivity index (χ3n) is 3.47. The van der Waals surface area contributed by atoms with Crippen LogP contribution in [-0.2, 0) is 6.54 Å². The molecule has 1 rings (SSSR count). The fourth-order valence-electron chi connectivity index (χ4n) is 2.31.